The fourth-order valence-electron chi connectivity index (χ4n) is 4.56. The number of hydrogen-bond donors (Lipinski definition) is 1. The van der Waals surface area contributed by atoms with Gasteiger partial charge in [0.1, 0.15) is 0 Å². The number of hydrogen-bond acceptors (Lipinski definition) is 5. The van der Waals surface area contributed by atoms with Gasteiger partial charge in [-0.3, -0.25) is 9.59 Å². The maximum atomic E-state index is 13.2. The summed E-state index contributed by atoms with van der Waals surface area (Å²) in [4.78, 5) is 33.3. The van der Waals surface area contributed by atoms with E-state index in [0.29, 0.717) is 19.3 Å². The number of carbonyl (C=O) groups is 2. The summed E-state index contributed by atoms with van der Waals surface area (Å²) in [6.45, 7) is 10.4. The molecule has 1 aliphatic rings. The third kappa shape index (κ3) is 5.42. The smallest absolute Gasteiger partial charge is 0.226 e. The molecule has 1 aromatic carbocycles. The van der Waals surface area contributed by atoms with Crippen molar-refractivity contribution >= 4 is 23.0 Å². The van der Waals surface area contributed by atoms with E-state index in [4.69, 9.17) is 0 Å². The molecule has 1 unspecified atom stereocenters. The van der Waals surface area contributed by atoms with Gasteiger partial charge in [0.2, 0.25) is 5.91 Å². The molecule has 1 amide bonds. The molecule has 2 heterocycles. The van der Waals surface area contributed by atoms with Crippen molar-refractivity contribution in [3.63, 3.8) is 0 Å². The van der Waals surface area contributed by atoms with E-state index in [2.05, 4.69) is 50.0 Å². The number of Topliss-reactive ketones (excluding diaryl/α,β-unsaturated/α-hetero) is 1. The highest BCUT2D eigenvalue weighted by Gasteiger charge is 2.42. The zero-order valence-electron chi connectivity index (χ0n) is 19.2. The number of aromatic nitrogens is 1. The molecule has 31 heavy (non-hydrogen) atoms. The van der Waals surface area contributed by atoms with Crippen molar-refractivity contribution in [2.24, 2.45) is 11.3 Å². The van der Waals surface area contributed by atoms with Crippen LogP contribution in [0.1, 0.15) is 58.2 Å². The first-order valence-electron chi connectivity index (χ1n) is 11.1. The normalized spacial score (nSPS) is 20.1. The van der Waals surface area contributed by atoms with E-state index >= 15 is 0 Å². The first-order valence-corrected chi connectivity index (χ1v) is 12.0. The molecule has 2 aromatic rings. The molecule has 0 aliphatic carbocycles. The minimum atomic E-state index is -0.627. The lowest BCUT2D eigenvalue weighted by Gasteiger charge is -2.34. The van der Waals surface area contributed by atoms with E-state index in [1.54, 1.807) is 16.2 Å². The van der Waals surface area contributed by atoms with Crippen LogP contribution < -0.4 is 0 Å². The van der Waals surface area contributed by atoms with E-state index in [9.17, 15) is 14.7 Å². The number of nitrogens with zero attached hydrogens (tertiary/aromatic N) is 2. The van der Waals surface area contributed by atoms with Crippen LogP contribution in [0.2, 0.25) is 0 Å². The predicted molar refractivity (Wildman–Crippen MR) is 125 cm³/mol. The summed E-state index contributed by atoms with van der Waals surface area (Å²) < 4.78 is 0. The molecular formula is C25H34N2O3S. The minimum absolute atomic E-state index is 0.00539. The van der Waals surface area contributed by atoms with Crippen LogP contribution >= 0.6 is 11.3 Å². The number of thiazole rings is 1. The van der Waals surface area contributed by atoms with Gasteiger partial charge < -0.3 is 10.0 Å². The Balaban J connectivity index is 1.65. The highest BCUT2D eigenvalue weighted by molar-refractivity contribution is 7.13. The number of rotatable bonds is 7. The van der Waals surface area contributed by atoms with Gasteiger partial charge in [-0.15, -0.1) is 11.3 Å². The fourth-order valence-corrected chi connectivity index (χ4v) is 5.37. The SMILES string of the molecule is CCC(C(=O)N1C[C@H](O)C[C@H]1C(=O)CCc1ccc(-c2scnc2C)cc1)C(C)(C)C. The molecule has 0 bridgehead atoms. The van der Waals surface area contributed by atoms with Gasteiger partial charge in [-0.05, 0) is 36.3 Å². The van der Waals surface area contributed by atoms with Gasteiger partial charge >= 0.3 is 0 Å². The van der Waals surface area contributed by atoms with Crippen molar-refractivity contribution in [2.75, 3.05) is 6.54 Å². The number of β-amino-alcohol motifs (C(OH)–C–C–N with tert-alkyl or cyclic N) is 1. The lowest BCUT2D eigenvalue weighted by molar-refractivity contribution is -0.144. The number of likely N-dealkylation sites (tertiary alicyclic amines) is 1. The maximum absolute atomic E-state index is 13.2. The molecule has 1 N–H and O–H groups in total. The van der Waals surface area contributed by atoms with Crippen LogP contribution in [0.5, 0.6) is 0 Å². The summed E-state index contributed by atoms with van der Waals surface area (Å²) in [5.41, 5.74) is 4.93. The Morgan fingerprint density at radius 1 is 1.26 bits per heavy atom. The first kappa shape index (κ1) is 23.6. The Morgan fingerprint density at radius 2 is 1.94 bits per heavy atom. The fraction of sp³-hybridized carbons (Fsp3) is 0.560. The van der Waals surface area contributed by atoms with Crippen molar-refractivity contribution < 1.29 is 14.7 Å². The van der Waals surface area contributed by atoms with Gasteiger partial charge in [-0.2, -0.15) is 0 Å². The lowest BCUT2D eigenvalue weighted by Crippen LogP contribution is -2.46. The third-order valence-corrected chi connectivity index (χ3v) is 7.28. The lowest BCUT2D eigenvalue weighted by atomic mass is 9.78. The summed E-state index contributed by atoms with van der Waals surface area (Å²) in [6.07, 6.45) is 1.44. The molecule has 3 rings (SSSR count). The van der Waals surface area contributed by atoms with Gasteiger partial charge in [-0.1, -0.05) is 52.0 Å². The molecule has 3 atom stereocenters. The van der Waals surface area contributed by atoms with E-state index in [-0.39, 0.29) is 29.6 Å². The highest BCUT2D eigenvalue weighted by atomic mass is 32.1. The molecule has 1 aromatic heterocycles. The standard InChI is InChI=1S/C25H34N2O3S/c1-6-20(25(3,4)5)24(30)27-14-19(28)13-21(27)22(29)12-9-17-7-10-18(11-8-17)23-16(2)26-15-31-23/h7-8,10-11,15,19-21,28H,6,9,12-14H2,1-5H3/t19-,20?,21+/m1/s1. The Bertz CT molecular complexity index is 914. The first-order chi connectivity index (χ1) is 14.6. The van der Waals surface area contributed by atoms with Gasteiger partial charge in [0.25, 0.3) is 0 Å². The van der Waals surface area contributed by atoms with Crippen molar-refractivity contribution in [1.82, 2.24) is 9.88 Å². The van der Waals surface area contributed by atoms with Crippen molar-refractivity contribution in [3.8, 4) is 10.4 Å². The summed E-state index contributed by atoms with van der Waals surface area (Å²) in [6, 6.07) is 7.75. The van der Waals surface area contributed by atoms with E-state index in [1.807, 2.05) is 19.4 Å². The highest BCUT2D eigenvalue weighted by Crippen LogP contribution is 2.33. The molecule has 0 radical (unpaired) electrons. The van der Waals surface area contributed by atoms with Gasteiger partial charge in [0.05, 0.1) is 28.2 Å². The van der Waals surface area contributed by atoms with Crippen LogP contribution in [0, 0.1) is 18.3 Å². The minimum Gasteiger partial charge on any atom is -0.391 e. The zero-order valence-corrected chi connectivity index (χ0v) is 20.0. The van der Waals surface area contributed by atoms with Crippen LogP contribution in [-0.2, 0) is 16.0 Å². The van der Waals surface area contributed by atoms with E-state index in [0.717, 1.165) is 23.2 Å². The summed E-state index contributed by atoms with van der Waals surface area (Å²) in [7, 11) is 0. The second-order valence-electron chi connectivity index (χ2n) is 9.65. The Morgan fingerprint density at radius 3 is 2.48 bits per heavy atom. The number of carbonyl (C=O) groups excluding carboxylic acids is 2. The average Bonchev–Trinajstić information content (AvgIpc) is 3.31. The molecule has 6 heteroatoms. The second kappa shape index (κ2) is 9.61. The Hall–Kier alpha value is -2.05. The molecule has 0 saturated carbocycles. The summed E-state index contributed by atoms with van der Waals surface area (Å²) in [5, 5.41) is 10.2. The average molecular weight is 443 g/mol. The summed E-state index contributed by atoms with van der Waals surface area (Å²) in [5.74, 6) is -0.124. The second-order valence-corrected chi connectivity index (χ2v) is 10.5. The van der Waals surface area contributed by atoms with Crippen molar-refractivity contribution in [3.05, 3.63) is 41.0 Å². The van der Waals surface area contributed by atoms with Gasteiger partial charge in [-0.25, -0.2) is 4.98 Å². The number of aryl methyl sites for hydroxylation is 2. The van der Waals surface area contributed by atoms with Crippen LogP contribution in [0.25, 0.3) is 10.4 Å². The largest absolute Gasteiger partial charge is 0.391 e. The number of ketones is 1. The van der Waals surface area contributed by atoms with E-state index in [1.165, 1.54) is 4.88 Å². The zero-order chi connectivity index (χ0) is 22.8. The molecular weight excluding hydrogens is 408 g/mol. The van der Waals surface area contributed by atoms with Crippen LogP contribution in [0.15, 0.2) is 29.8 Å². The van der Waals surface area contributed by atoms with Crippen molar-refractivity contribution in [1.29, 1.82) is 0 Å². The number of aliphatic hydroxyl groups excluding tert-OH is 1. The monoisotopic (exact) mass is 442 g/mol. The van der Waals surface area contributed by atoms with Gasteiger partial charge in [0.15, 0.2) is 5.78 Å². The predicted octanol–water partition coefficient (Wildman–Crippen LogP) is 4.65. The van der Waals surface area contributed by atoms with Crippen molar-refractivity contribution in [2.45, 2.75) is 72.4 Å². The third-order valence-electron chi connectivity index (χ3n) is 6.31. The van der Waals surface area contributed by atoms with Crippen LogP contribution in [-0.4, -0.2) is 45.4 Å². The Kier molecular flexibility index (Phi) is 7.32. The topological polar surface area (TPSA) is 70.5 Å². The number of aliphatic hydroxyl groups is 1. The van der Waals surface area contributed by atoms with Crippen LogP contribution in [0.3, 0.4) is 0 Å². The molecule has 168 valence electrons. The molecule has 5 nitrogen and oxygen atoms in total. The molecule has 0 spiro atoms. The van der Waals surface area contributed by atoms with E-state index < -0.39 is 12.1 Å². The number of amides is 1. The molecule has 1 saturated heterocycles. The summed E-state index contributed by atoms with van der Waals surface area (Å²) >= 11 is 1.63. The molecule has 1 aliphatic heterocycles. The van der Waals surface area contributed by atoms with Crippen LogP contribution in [0.4, 0.5) is 0 Å². The quantitative estimate of drug-likeness (QED) is 0.677. The Labute approximate surface area is 189 Å². The maximum Gasteiger partial charge on any atom is 0.226 e. The molecule has 1 fully saturated rings. The number of benzene rings is 1. The van der Waals surface area contributed by atoms with Gasteiger partial charge in [0, 0.05) is 25.3 Å².